The highest BCUT2D eigenvalue weighted by molar-refractivity contribution is 9.10. The second kappa shape index (κ2) is 6.80. The molecule has 2 aromatic carbocycles. The van der Waals surface area contributed by atoms with Crippen molar-refractivity contribution in [3.63, 3.8) is 0 Å². The zero-order valence-electron chi connectivity index (χ0n) is 10.4. The Kier molecular flexibility index (Phi) is 5.34. The van der Waals surface area contributed by atoms with E-state index in [1.807, 2.05) is 42.5 Å². The van der Waals surface area contributed by atoms with E-state index in [0.29, 0.717) is 0 Å². The zero-order valence-corrected chi connectivity index (χ0v) is 13.6. The Labute approximate surface area is 131 Å². The molecule has 0 aliphatic heterocycles. The van der Waals surface area contributed by atoms with E-state index >= 15 is 0 Å². The molecule has 0 spiro atoms. The van der Waals surface area contributed by atoms with Gasteiger partial charge in [0, 0.05) is 20.1 Å². The van der Waals surface area contributed by atoms with Crippen molar-refractivity contribution in [2.24, 2.45) is 0 Å². The Bertz CT molecular complexity index is 555. The number of hydrogen-bond acceptors (Lipinski definition) is 2. The summed E-state index contributed by atoms with van der Waals surface area (Å²) in [5.41, 5.74) is 2.17. The minimum Gasteiger partial charge on any atom is -0.389 e. The Morgan fingerprint density at radius 3 is 2.53 bits per heavy atom. The Balaban J connectivity index is 2.13. The number of rotatable bonds is 4. The van der Waals surface area contributed by atoms with Gasteiger partial charge in [-0.15, -0.1) is 11.8 Å². The van der Waals surface area contributed by atoms with Crippen LogP contribution in [0, 0.1) is 0 Å². The first-order valence-corrected chi connectivity index (χ1v) is 8.06. The summed E-state index contributed by atoms with van der Waals surface area (Å²) in [6.07, 6.45) is -0.467. The highest BCUT2D eigenvalue weighted by Crippen LogP contribution is 2.32. The molecule has 2 rings (SSSR count). The third-order valence-corrected chi connectivity index (χ3v) is 4.64. The maximum atomic E-state index is 9.81. The van der Waals surface area contributed by atoms with E-state index < -0.39 is 6.10 Å². The van der Waals surface area contributed by atoms with Crippen molar-refractivity contribution < 1.29 is 5.11 Å². The van der Waals surface area contributed by atoms with Crippen LogP contribution in [0.2, 0.25) is 5.02 Å². The fourth-order valence-corrected chi connectivity index (χ4v) is 3.30. The van der Waals surface area contributed by atoms with E-state index in [4.69, 9.17) is 11.6 Å². The molecule has 0 radical (unpaired) electrons. The van der Waals surface area contributed by atoms with Crippen LogP contribution >= 0.6 is 39.3 Å². The van der Waals surface area contributed by atoms with Gasteiger partial charge >= 0.3 is 0 Å². The second-order valence-electron chi connectivity index (χ2n) is 4.27. The first kappa shape index (κ1) is 14.9. The molecular weight excluding hydrogens is 344 g/mol. The Hall–Kier alpha value is -0.480. The van der Waals surface area contributed by atoms with Crippen LogP contribution in [0.3, 0.4) is 0 Å². The van der Waals surface area contributed by atoms with E-state index in [2.05, 4.69) is 15.9 Å². The van der Waals surface area contributed by atoms with Crippen molar-refractivity contribution in [2.45, 2.75) is 23.7 Å². The summed E-state index contributed by atoms with van der Waals surface area (Å²) in [7, 11) is 0. The Morgan fingerprint density at radius 1 is 1.21 bits per heavy atom. The average Bonchev–Trinajstić information content (AvgIpc) is 2.39. The molecule has 1 N–H and O–H groups in total. The summed E-state index contributed by atoms with van der Waals surface area (Å²) in [4.78, 5) is 1.10. The predicted octanol–water partition coefficient (Wildman–Crippen LogP) is 5.45. The van der Waals surface area contributed by atoms with Crippen LogP contribution in [0.5, 0.6) is 0 Å². The molecule has 0 bridgehead atoms. The highest BCUT2D eigenvalue weighted by Gasteiger charge is 2.09. The van der Waals surface area contributed by atoms with Crippen LogP contribution < -0.4 is 0 Å². The molecular formula is C15H14BrClOS. The minimum atomic E-state index is -0.467. The lowest BCUT2D eigenvalue weighted by Crippen LogP contribution is -1.94. The standard InChI is InChI=1S/C15H14BrClOS/c1-10(18)14-8-12(16)4-7-15(14)19-9-11-2-5-13(17)6-3-11/h2-8,10,18H,9H2,1H3. The summed E-state index contributed by atoms with van der Waals surface area (Å²) in [5, 5.41) is 10.6. The van der Waals surface area contributed by atoms with E-state index in [-0.39, 0.29) is 0 Å². The smallest absolute Gasteiger partial charge is 0.0773 e. The van der Waals surface area contributed by atoms with Gasteiger partial charge in [-0.1, -0.05) is 39.7 Å². The highest BCUT2D eigenvalue weighted by atomic mass is 79.9. The fraction of sp³-hybridized carbons (Fsp3) is 0.200. The van der Waals surface area contributed by atoms with Crippen LogP contribution in [-0.2, 0) is 5.75 Å². The van der Waals surface area contributed by atoms with Gasteiger partial charge in [0.15, 0.2) is 0 Å². The summed E-state index contributed by atoms with van der Waals surface area (Å²) in [6.45, 7) is 1.79. The summed E-state index contributed by atoms with van der Waals surface area (Å²) in [5.74, 6) is 0.860. The predicted molar refractivity (Wildman–Crippen MR) is 85.8 cm³/mol. The van der Waals surface area contributed by atoms with Crippen molar-refractivity contribution in [3.8, 4) is 0 Å². The molecule has 0 saturated carbocycles. The molecule has 0 amide bonds. The number of benzene rings is 2. The third kappa shape index (κ3) is 4.25. The zero-order chi connectivity index (χ0) is 13.8. The lowest BCUT2D eigenvalue weighted by atomic mass is 10.1. The maximum Gasteiger partial charge on any atom is 0.0773 e. The van der Waals surface area contributed by atoms with Gasteiger partial charge in [-0.05, 0) is 48.4 Å². The molecule has 1 unspecified atom stereocenters. The van der Waals surface area contributed by atoms with Gasteiger partial charge in [-0.3, -0.25) is 0 Å². The number of aliphatic hydroxyl groups is 1. The lowest BCUT2D eigenvalue weighted by molar-refractivity contribution is 0.196. The third-order valence-electron chi connectivity index (χ3n) is 2.73. The largest absolute Gasteiger partial charge is 0.389 e. The van der Waals surface area contributed by atoms with Crippen LogP contribution in [-0.4, -0.2) is 5.11 Å². The molecule has 0 saturated heterocycles. The average molecular weight is 358 g/mol. The SMILES string of the molecule is CC(O)c1cc(Br)ccc1SCc1ccc(Cl)cc1. The lowest BCUT2D eigenvalue weighted by Gasteiger charge is -2.12. The number of thioether (sulfide) groups is 1. The van der Waals surface area contributed by atoms with Crippen molar-refractivity contribution in [3.05, 3.63) is 63.1 Å². The molecule has 0 aromatic heterocycles. The van der Waals surface area contributed by atoms with Crippen molar-refractivity contribution in [1.29, 1.82) is 0 Å². The molecule has 0 fully saturated rings. The van der Waals surface area contributed by atoms with E-state index in [9.17, 15) is 5.11 Å². The van der Waals surface area contributed by atoms with Gasteiger partial charge in [0.2, 0.25) is 0 Å². The Morgan fingerprint density at radius 2 is 1.89 bits per heavy atom. The van der Waals surface area contributed by atoms with Gasteiger partial charge in [0.1, 0.15) is 0 Å². The molecule has 4 heteroatoms. The van der Waals surface area contributed by atoms with E-state index in [0.717, 1.165) is 25.7 Å². The first-order valence-electron chi connectivity index (χ1n) is 5.91. The molecule has 0 heterocycles. The quantitative estimate of drug-likeness (QED) is 0.734. The second-order valence-corrected chi connectivity index (χ2v) is 6.64. The molecule has 0 aliphatic carbocycles. The molecule has 2 aromatic rings. The summed E-state index contributed by atoms with van der Waals surface area (Å²) >= 11 is 11.0. The summed E-state index contributed by atoms with van der Waals surface area (Å²) < 4.78 is 0.985. The number of halogens is 2. The van der Waals surface area contributed by atoms with Crippen molar-refractivity contribution in [2.75, 3.05) is 0 Å². The molecule has 19 heavy (non-hydrogen) atoms. The molecule has 1 atom stereocenters. The molecule has 0 aliphatic rings. The maximum absolute atomic E-state index is 9.81. The van der Waals surface area contributed by atoms with Crippen LogP contribution in [0.25, 0.3) is 0 Å². The van der Waals surface area contributed by atoms with E-state index in [1.54, 1.807) is 18.7 Å². The summed E-state index contributed by atoms with van der Waals surface area (Å²) in [6, 6.07) is 13.8. The number of aliphatic hydroxyl groups excluding tert-OH is 1. The van der Waals surface area contributed by atoms with Crippen LogP contribution in [0.4, 0.5) is 0 Å². The number of hydrogen-bond donors (Lipinski definition) is 1. The van der Waals surface area contributed by atoms with Gasteiger partial charge < -0.3 is 5.11 Å². The van der Waals surface area contributed by atoms with Gasteiger partial charge in [0.25, 0.3) is 0 Å². The van der Waals surface area contributed by atoms with Gasteiger partial charge in [0.05, 0.1) is 6.10 Å². The monoisotopic (exact) mass is 356 g/mol. The van der Waals surface area contributed by atoms with Crippen molar-refractivity contribution in [1.82, 2.24) is 0 Å². The topological polar surface area (TPSA) is 20.2 Å². The van der Waals surface area contributed by atoms with Crippen molar-refractivity contribution >= 4 is 39.3 Å². The van der Waals surface area contributed by atoms with Gasteiger partial charge in [-0.2, -0.15) is 0 Å². The van der Waals surface area contributed by atoms with Crippen LogP contribution in [0.1, 0.15) is 24.2 Å². The first-order chi connectivity index (χ1) is 9.06. The minimum absolute atomic E-state index is 0.467. The van der Waals surface area contributed by atoms with Gasteiger partial charge in [-0.25, -0.2) is 0 Å². The molecule has 1 nitrogen and oxygen atoms in total. The molecule has 100 valence electrons. The normalized spacial score (nSPS) is 12.4. The fourth-order valence-electron chi connectivity index (χ4n) is 1.72. The van der Waals surface area contributed by atoms with Crippen LogP contribution in [0.15, 0.2) is 51.8 Å². The van der Waals surface area contributed by atoms with E-state index in [1.165, 1.54) is 5.56 Å².